The number of rotatable bonds is 4. The Hall–Kier alpha value is -0.450. The first-order valence-corrected chi connectivity index (χ1v) is 6.92. The smallest absolute Gasteiger partial charge is 0.0798 e. The first kappa shape index (κ1) is 12.0. The van der Waals surface area contributed by atoms with E-state index in [4.69, 9.17) is 0 Å². The van der Waals surface area contributed by atoms with Crippen LogP contribution in [-0.2, 0) is 6.54 Å². The van der Waals surface area contributed by atoms with Gasteiger partial charge < -0.3 is 10.4 Å². The van der Waals surface area contributed by atoms with Gasteiger partial charge in [-0.05, 0) is 25.7 Å². The maximum absolute atomic E-state index is 9.32. The second-order valence-electron chi connectivity index (χ2n) is 4.58. The maximum Gasteiger partial charge on any atom is 0.0798 e. The molecule has 90 valence electrons. The molecule has 2 unspecified atom stereocenters. The van der Waals surface area contributed by atoms with Gasteiger partial charge in [0.05, 0.1) is 11.2 Å². The highest BCUT2D eigenvalue weighted by molar-refractivity contribution is 7.09. The van der Waals surface area contributed by atoms with Crippen LogP contribution in [-0.4, -0.2) is 22.7 Å². The number of thiazole rings is 1. The van der Waals surface area contributed by atoms with Crippen molar-refractivity contribution in [2.75, 3.05) is 6.61 Å². The molecule has 0 aromatic carbocycles. The summed E-state index contributed by atoms with van der Waals surface area (Å²) in [5, 5.41) is 12.9. The van der Waals surface area contributed by atoms with Gasteiger partial charge in [-0.15, -0.1) is 11.3 Å². The SMILES string of the molecule is Cc1ncsc1CNC1CCCCC1CO. The zero-order valence-electron chi connectivity index (χ0n) is 9.78. The molecule has 2 N–H and O–H groups in total. The molecule has 0 bridgehead atoms. The Bertz CT molecular complexity index is 327. The third-order valence-corrected chi connectivity index (χ3v) is 4.45. The molecule has 0 saturated heterocycles. The second-order valence-corrected chi connectivity index (χ2v) is 5.51. The van der Waals surface area contributed by atoms with Gasteiger partial charge in [0.25, 0.3) is 0 Å². The molecule has 1 heterocycles. The molecule has 16 heavy (non-hydrogen) atoms. The predicted molar refractivity (Wildman–Crippen MR) is 66.5 cm³/mol. The van der Waals surface area contributed by atoms with E-state index in [9.17, 15) is 5.11 Å². The Morgan fingerprint density at radius 2 is 2.31 bits per heavy atom. The van der Waals surface area contributed by atoms with Crippen LogP contribution in [0, 0.1) is 12.8 Å². The minimum Gasteiger partial charge on any atom is -0.396 e. The third-order valence-electron chi connectivity index (χ3n) is 3.51. The van der Waals surface area contributed by atoms with Crippen molar-refractivity contribution < 1.29 is 5.11 Å². The first-order valence-electron chi connectivity index (χ1n) is 6.04. The Morgan fingerprint density at radius 3 is 3.00 bits per heavy atom. The second kappa shape index (κ2) is 5.75. The first-order chi connectivity index (χ1) is 7.81. The molecule has 0 spiro atoms. The average Bonchev–Trinajstić information content (AvgIpc) is 2.72. The summed E-state index contributed by atoms with van der Waals surface area (Å²) in [4.78, 5) is 5.57. The van der Waals surface area contributed by atoms with Gasteiger partial charge >= 0.3 is 0 Å². The molecule has 1 aromatic heterocycles. The van der Waals surface area contributed by atoms with Gasteiger partial charge in [0.2, 0.25) is 0 Å². The molecular weight excluding hydrogens is 220 g/mol. The zero-order valence-corrected chi connectivity index (χ0v) is 10.6. The van der Waals surface area contributed by atoms with Crippen LogP contribution < -0.4 is 5.32 Å². The number of aryl methyl sites for hydroxylation is 1. The summed E-state index contributed by atoms with van der Waals surface area (Å²) in [5.74, 6) is 0.446. The molecule has 3 nitrogen and oxygen atoms in total. The van der Waals surface area contributed by atoms with E-state index in [1.54, 1.807) is 11.3 Å². The number of nitrogens with one attached hydrogen (secondary N) is 1. The van der Waals surface area contributed by atoms with E-state index >= 15 is 0 Å². The Morgan fingerprint density at radius 1 is 1.50 bits per heavy atom. The molecule has 1 aliphatic carbocycles. The van der Waals surface area contributed by atoms with Gasteiger partial charge in [-0.3, -0.25) is 0 Å². The normalized spacial score (nSPS) is 25.9. The number of aromatic nitrogens is 1. The Kier molecular flexibility index (Phi) is 4.32. The van der Waals surface area contributed by atoms with Gasteiger partial charge in [0.1, 0.15) is 0 Å². The predicted octanol–water partition coefficient (Wildman–Crippen LogP) is 2.09. The van der Waals surface area contributed by atoms with Gasteiger partial charge in [-0.1, -0.05) is 12.8 Å². The highest BCUT2D eigenvalue weighted by Crippen LogP contribution is 2.24. The van der Waals surface area contributed by atoms with Gasteiger partial charge in [-0.25, -0.2) is 4.98 Å². The van der Waals surface area contributed by atoms with Crippen LogP contribution >= 0.6 is 11.3 Å². The average molecular weight is 240 g/mol. The van der Waals surface area contributed by atoms with Crippen LogP contribution in [0.1, 0.15) is 36.3 Å². The molecule has 1 aromatic rings. The highest BCUT2D eigenvalue weighted by atomic mass is 32.1. The molecule has 2 atom stereocenters. The van der Waals surface area contributed by atoms with Gasteiger partial charge in [0, 0.05) is 24.1 Å². The minimum absolute atomic E-state index is 0.319. The van der Waals surface area contributed by atoms with Crippen molar-refractivity contribution in [2.24, 2.45) is 5.92 Å². The Labute approximate surface area is 101 Å². The number of hydrogen-bond acceptors (Lipinski definition) is 4. The molecule has 1 saturated carbocycles. The number of hydrogen-bond donors (Lipinski definition) is 2. The molecule has 2 rings (SSSR count). The maximum atomic E-state index is 9.32. The molecule has 0 amide bonds. The van der Waals surface area contributed by atoms with Crippen molar-refractivity contribution in [1.82, 2.24) is 10.3 Å². The van der Waals surface area contributed by atoms with Gasteiger partial charge in [-0.2, -0.15) is 0 Å². The largest absolute Gasteiger partial charge is 0.396 e. The molecule has 0 aliphatic heterocycles. The van der Waals surface area contributed by atoms with E-state index in [0.29, 0.717) is 18.6 Å². The number of aliphatic hydroxyl groups is 1. The fraction of sp³-hybridized carbons (Fsp3) is 0.750. The van der Waals surface area contributed by atoms with E-state index in [1.807, 2.05) is 5.51 Å². The summed E-state index contributed by atoms with van der Waals surface area (Å²) >= 11 is 1.71. The molecule has 4 heteroatoms. The Balaban J connectivity index is 1.86. The monoisotopic (exact) mass is 240 g/mol. The summed E-state index contributed by atoms with van der Waals surface area (Å²) < 4.78 is 0. The minimum atomic E-state index is 0.319. The van der Waals surface area contributed by atoms with Crippen molar-refractivity contribution in [3.8, 4) is 0 Å². The van der Waals surface area contributed by atoms with Gasteiger partial charge in [0.15, 0.2) is 0 Å². The summed E-state index contributed by atoms with van der Waals surface area (Å²) in [6.45, 7) is 3.27. The lowest BCUT2D eigenvalue weighted by molar-refractivity contribution is 0.152. The number of aliphatic hydroxyl groups excluding tert-OH is 1. The van der Waals surface area contributed by atoms with Crippen LogP contribution in [0.15, 0.2) is 5.51 Å². The lowest BCUT2D eigenvalue weighted by Crippen LogP contribution is -2.39. The van der Waals surface area contributed by atoms with Crippen molar-refractivity contribution in [2.45, 2.75) is 45.2 Å². The quantitative estimate of drug-likeness (QED) is 0.847. The molecule has 1 fully saturated rings. The van der Waals surface area contributed by atoms with Crippen molar-refractivity contribution in [3.05, 3.63) is 16.1 Å². The lowest BCUT2D eigenvalue weighted by Gasteiger charge is -2.30. The van der Waals surface area contributed by atoms with E-state index in [-0.39, 0.29) is 0 Å². The standard InChI is InChI=1S/C12H20N2OS/c1-9-12(16-8-14-9)6-13-11-5-3-2-4-10(11)7-15/h8,10-11,13,15H,2-7H2,1H3. The van der Waals surface area contributed by atoms with Crippen molar-refractivity contribution >= 4 is 11.3 Å². The summed E-state index contributed by atoms with van der Waals surface area (Å²) in [5.41, 5.74) is 3.03. The lowest BCUT2D eigenvalue weighted by atomic mass is 9.85. The summed E-state index contributed by atoms with van der Waals surface area (Å²) in [6, 6.07) is 0.486. The molecule has 1 aliphatic rings. The summed E-state index contributed by atoms with van der Waals surface area (Å²) in [7, 11) is 0. The summed E-state index contributed by atoms with van der Waals surface area (Å²) in [6.07, 6.45) is 4.91. The topological polar surface area (TPSA) is 45.2 Å². The van der Waals surface area contributed by atoms with E-state index in [1.165, 1.54) is 24.1 Å². The third kappa shape index (κ3) is 2.81. The van der Waals surface area contributed by atoms with E-state index in [0.717, 1.165) is 18.7 Å². The zero-order chi connectivity index (χ0) is 11.4. The van der Waals surface area contributed by atoms with Crippen LogP contribution in [0.5, 0.6) is 0 Å². The van der Waals surface area contributed by atoms with Crippen molar-refractivity contribution in [1.29, 1.82) is 0 Å². The molecular formula is C12H20N2OS. The van der Waals surface area contributed by atoms with Crippen LogP contribution in [0.25, 0.3) is 0 Å². The van der Waals surface area contributed by atoms with Crippen LogP contribution in [0.4, 0.5) is 0 Å². The van der Waals surface area contributed by atoms with E-state index < -0.39 is 0 Å². The van der Waals surface area contributed by atoms with Crippen LogP contribution in [0.2, 0.25) is 0 Å². The number of nitrogens with zero attached hydrogens (tertiary/aromatic N) is 1. The fourth-order valence-electron chi connectivity index (χ4n) is 2.41. The highest BCUT2D eigenvalue weighted by Gasteiger charge is 2.23. The van der Waals surface area contributed by atoms with Crippen LogP contribution in [0.3, 0.4) is 0 Å². The van der Waals surface area contributed by atoms with E-state index in [2.05, 4.69) is 17.2 Å². The molecule has 0 radical (unpaired) electrons. The van der Waals surface area contributed by atoms with Crippen molar-refractivity contribution in [3.63, 3.8) is 0 Å². The fourth-order valence-corrected chi connectivity index (χ4v) is 3.14.